The Labute approximate surface area is 129 Å². The number of nitrogens with zero attached hydrogens (tertiary/aromatic N) is 2. The van der Waals surface area contributed by atoms with Crippen LogP contribution in [0.5, 0.6) is 5.75 Å². The SMILES string of the molecule is Cc1nn(C)c(C)c1CCNC(=O)COc1cccc(F)c1. The molecule has 118 valence electrons. The molecule has 5 nitrogen and oxygen atoms in total. The highest BCUT2D eigenvalue weighted by Crippen LogP contribution is 2.12. The standard InChI is InChI=1S/C16H20FN3O2/c1-11-15(12(2)20(3)19-11)7-8-18-16(21)10-22-14-6-4-5-13(17)9-14/h4-6,9H,7-8,10H2,1-3H3,(H,18,21). The van der Waals surface area contributed by atoms with Crippen molar-refractivity contribution in [2.45, 2.75) is 20.3 Å². The Hall–Kier alpha value is -2.37. The first-order chi connectivity index (χ1) is 10.5. The van der Waals surface area contributed by atoms with Crippen LogP contribution in [-0.2, 0) is 18.3 Å². The fourth-order valence-electron chi connectivity index (χ4n) is 2.26. The molecule has 0 saturated carbocycles. The minimum Gasteiger partial charge on any atom is -0.484 e. The van der Waals surface area contributed by atoms with Crippen LogP contribution in [0.4, 0.5) is 4.39 Å². The molecule has 1 heterocycles. The van der Waals surface area contributed by atoms with Gasteiger partial charge in [-0.25, -0.2) is 4.39 Å². The van der Waals surface area contributed by atoms with E-state index in [9.17, 15) is 9.18 Å². The van der Waals surface area contributed by atoms with Gasteiger partial charge in [0.25, 0.3) is 5.91 Å². The van der Waals surface area contributed by atoms with Gasteiger partial charge in [0, 0.05) is 25.4 Å². The van der Waals surface area contributed by atoms with E-state index in [1.807, 2.05) is 25.6 Å². The van der Waals surface area contributed by atoms with Gasteiger partial charge in [-0.2, -0.15) is 5.10 Å². The molecule has 22 heavy (non-hydrogen) atoms. The van der Waals surface area contributed by atoms with Gasteiger partial charge in [0.05, 0.1) is 5.69 Å². The Morgan fingerprint density at radius 2 is 2.18 bits per heavy atom. The molecule has 0 radical (unpaired) electrons. The van der Waals surface area contributed by atoms with Crippen LogP contribution in [0.2, 0.25) is 0 Å². The summed E-state index contributed by atoms with van der Waals surface area (Å²) in [4.78, 5) is 11.7. The van der Waals surface area contributed by atoms with Gasteiger partial charge in [0.15, 0.2) is 6.61 Å². The van der Waals surface area contributed by atoms with Crippen molar-refractivity contribution in [1.82, 2.24) is 15.1 Å². The van der Waals surface area contributed by atoms with Crippen LogP contribution < -0.4 is 10.1 Å². The molecule has 0 aliphatic rings. The van der Waals surface area contributed by atoms with E-state index in [0.29, 0.717) is 12.3 Å². The summed E-state index contributed by atoms with van der Waals surface area (Å²) < 4.78 is 20.0. The summed E-state index contributed by atoms with van der Waals surface area (Å²) in [5.74, 6) is -0.280. The second kappa shape index (κ2) is 7.06. The second-order valence-electron chi connectivity index (χ2n) is 5.12. The summed E-state index contributed by atoms with van der Waals surface area (Å²) in [7, 11) is 1.90. The zero-order chi connectivity index (χ0) is 16.1. The van der Waals surface area contributed by atoms with E-state index in [1.54, 1.807) is 6.07 Å². The highest BCUT2D eigenvalue weighted by atomic mass is 19.1. The number of carbonyl (C=O) groups excluding carboxylic acids is 1. The van der Waals surface area contributed by atoms with E-state index >= 15 is 0 Å². The summed E-state index contributed by atoms with van der Waals surface area (Å²) in [5, 5.41) is 7.12. The Morgan fingerprint density at radius 1 is 1.41 bits per heavy atom. The lowest BCUT2D eigenvalue weighted by Crippen LogP contribution is -2.30. The molecule has 2 rings (SSSR count). The molecule has 2 aromatic rings. The number of hydrogen-bond acceptors (Lipinski definition) is 3. The average molecular weight is 305 g/mol. The lowest BCUT2D eigenvalue weighted by molar-refractivity contribution is -0.123. The number of nitrogens with one attached hydrogen (secondary N) is 1. The summed E-state index contributed by atoms with van der Waals surface area (Å²) in [5.41, 5.74) is 3.22. The van der Waals surface area contributed by atoms with Crippen molar-refractivity contribution in [3.8, 4) is 5.75 Å². The van der Waals surface area contributed by atoms with Crippen molar-refractivity contribution in [3.05, 3.63) is 47.0 Å². The monoisotopic (exact) mass is 305 g/mol. The topological polar surface area (TPSA) is 56.2 Å². The highest BCUT2D eigenvalue weighted by Gasteiger charge is 2.09. The van der Waals surface area contributed by atoms with Crippen molar-refractivity contribution < 1.29 is 13.9 Å². The van der Waals surface area contributed by atoms with Gasteiger partial charge in [0.2, 0.25) is 0 Å². The Morgan fingerprint density at radius 3 is 2.82 bits per heavy atom. The van der Waals surface area contributed by atoms with E-state index in [4.69, 9.17) is 4.74 Å². The lowest BCUT2D eigenvalue weighted by atomic mass is 10.1. The molecule has 0 aliphatic carbocycles. The fraction of sp³-hybridized carbons (Fsp3) is 0.375. The summed E-state index contributed by atoms with van der Waals surface area (Å²) in [6, 6.07) is 5.72. The number of carbonyl (C=O) groups is 1. The molecule has 0 saturated heterocycles. The average Bonchev–Trinajstić information content (AvgIpc) is 2.71. The Kier molecular flexibility index (Phi) is 5.14. The van der Waals surface area contributed by atoms with Gasteiger partial charge in [-0.05, 0) is 38.0 Å². The maximum absolute atomic E-state index is 13.0. The predicted molar refractivity (Wildman–Crippen MR) is 81.3 cm³/mol. The number of hydrogen-bond donors (Lipinski definition) is 1. The third-order valence-corrected chi connectivity index (χ3v) is 3.52. The molecule has 1 aromatic carbocycles. The Balaban J connectivity index is 1.76. The van der Waals surface area contributed by atoms with Crippen LogP contribution >= 0.6 is 0 Å². The molecular weight excluding hydrogens is 285 g/mol. The number of rotatable bonds is 6. The number of ether oxygens (including phenoxy) is 1. The molecule has 1 amide bonds. The summed E-state index contributed by atoms with van der Waals surface area (Å²) >= 11 is 0. The summed E-state index contributed by atoms with van der Waals surface area (Å²) in [6.45, 7) is 4.34. The van der Waals surface area contributed by atoms with Gasteiger partial charge in [0.1, 0.15) is 11.6 Å². The van der Waals surface area contributed by atoms with Crippen LogP contribution in [0.15, 0.2) is 24.3 Å². The maximum atomic E-state index is 13.0. The first-order valence-corrected chi connectivity index (χ1v) is 7.11. The van der Waals surface area contributed by atoms with Gasteiger partial charge in [-0.1, -0.05) is 6.07 Å². The first kappa shape index (κ1) is 16.0. The molecule has 0 unspecified atom stereocenters. The molecule has 0 aliphatic heterocycles. The van der Waals surface area contributed by atoms with Gasteiger partial charge < -0.3 is 10.1 Å². The molecule has 0 atom stereocenters. The van der Waals surface area contributed by atoms with Crippen LogP contribution in [0.25, 0.3) is 0 Å². The third-order valence-electron chi connectivity index (χ3n) is 3.52. The minimum absolute atomic E-state index is 0.130. The Bertz CT molecular complexity index is 667. The first-order valence-electron chi connectivity index (χ1n) is 7.11. The minimum atomic E-state index is -0.388. The zero-order valence-corrected chi connectivity index (χ0v) is 13.0. The second-order valence-corrected chi connectivity index (χ2v) is 5.12. The van der Waals surface area contributed by atoms with Crippen LogP contribution in [0.3, 0.4) is 0 Å². The summed E-state index contributed by atoms with van der Waals surface area (Å²) in [6.07, 6.45) is 0.719. The molecule has 0 spiro atoms. The van der Waals surface area contributed by atoms with Crippen molar-refractivity contribution in [1.29, 1.82) is 0 Å². The smallest absolute Gasteiger partial charge is 0.257 e. The van der Waals surface area contributed by atoms with Gasteiger partial charge in [-0.3, -0.25) is 9.48 Å². The number of amides is 1. The van der Waals surface area contributed by atoms with Crippen LogP contribution in [0.1, 0.15) is 17.0 Å². The van der Waals surface area contributed by atoms with Crippen molar-refractivity contribution in [2.24, 2.45) is 7.05 Å². The molecular formula is C16H20FN3O2. The largest absolute Gasteiger partial charge is 0.484 e. The predicted octanol–water partition coefficient (Wildman–Crippen LogP) is 1.91. The van der Waals surface area contributed by atoms with E-state index in [-0.39, 0.29) is 18.3 Å². The van der Waals surface area contributed by atoms with Crippen molar-refractivity contribution in [2.75, 3.05) is 13.2 Å². The number of halogens is 1. The molecule has 1 aromatic heterocycles. The van der Waals surface area contributed by atoms with E-state index in [1.165, 1.54) is 18.2 Å². The van der Waals surface area contributed by atoms with Crippen molar-refractivity contribution in [3.63, 3.8) is 0 Å². The third kappa shape index (κ3) is 4.07. The molecule has 0 fully saturated rings. The fourth-order valence-corrected chi connectivity index (χ4v) is 2.26. The zero-order valence-electron chi connectivity index (χ0n) is 13.0. The molecule has 0 bridgehead atoms. The molecule has 6 heteroatoms. The normalized spacial score (nSPS) is 10.5. The number of benzene rings is 1. The van der Waals surface area contributed by atoms with E-state index < -0.39 is 0 Å². The van der Waals surface area contributed by atoms with Gasteiger partial charge >= 0.3 is 0 Å². The molecule has 1 N–H and O–H groups in total. The lowest BCUT2D eigenvalue weighted by Gasteiger charge is -2.08. The van der Waals surface area contributed by atoms with E-state index in [0.717, 1.165) is 23.4 Å². The van der Waals surface area contributed by atoms with E-state index in [2.05, 4.69) is 10.4 Å². The van der Waals surface area contributed by atoms with Crippen LogP contribution in [0, 0.1) is 19.7 Å². The maximum Gasteiger partial charge on any atom is 0.257 e. The number of aryl methyl sites for hydroxylation is 2. The van der Waals surface area contributed by atoms with Crippen LogP contribution in [-0.4, -0.2) is 28.8 Å². The van der Waals surface area contributed by atoms with Gasteiger partial charge in [-0.15, -0.1) is 0 Å². The quantitative estimate of drug-likeness (QED) is 0.887. The number of aromatic nitrogens is 2. The highest BCUT2D eigenvalue weighted by molar-refractivity contribution is 5.77. The van der Waals surface area contributed by atoms with Crippen molar-refractivity contribution >= 4 is 5.91 Å².